The number of aliphatic carboxylic acids is 1. The van der Waals surface area contributed by atoms with Crippen LogP contribution in [0.2, 0.25) is 5.02 Å². The second-order valence-corrected chi connectivity index (χ2v) is 5.82. The number of aliphatic hydroxyl groups excluding tert-OH is 1. The molecule has 3 N–H and O–H groups in total. The summed E-state index contributed by atoms with van der Waals surface area (Å²) in [5.74, 6) is -0.957. The number of rotatable bonds is 4. The fraction of sp³-hybridized carbons (Fsp3) is 0.111. The maximum atomic E-state index is 10.9. The number of nitrogens with zero attached hydrogens (tertiary/aromatic N) is 3. The van der Waals surface area contributed by atoms with Gasteiger partial charge in [-0.1, -0.05) is 41.9 Å². The van der Waals surface area contributed by atoms with Crippen LogP contribution in [0.3, 0.4) is 0 Å². The molecule has 26 heavy (non-hydrogen) atoms. The van der Waals surface area contributed by atoms with Crippen molar-refractivity contribution < 1.29 is 15.0 Å². The van der Waals surface area contributed by atoms with Crippen molar-refractivity contribution in [2.24, 2.45) is 15.1 Å². The topological polar surface area (TPSA) is 107 Å². The molecule has 1 aliphatic heterocycles. The van der Waals surface area contributed by atoms with Gasteiger partial charge in [0, 0.05) is 16.1 Å². The van der Waals surface area contributed by atoms with E-state index < -0.39 is 18.3 Å². The molecule has 0 saturated heterocycles. The minimum Gasteiger partial charge on any atom is -0.477 e. The summed E-state index contributed by atoms with van der Waals surface area (Å²) in [7, 11) is 0. The van der Waals surface area contributed by atoms with E-state index in [0.29, 0.717) is 16.5 Å². The summed E-state index contributed by atoms with van der Waals surface area (Å²) in [6.45, 7) is -0.529. The number of halogens is 1. The monoisotopic (exact) mass is 370 g/mol. The largest absolute Gasteiger partial charge is 0.477 e. The van der Waals surface area contributed by atoms with Gasteiger partial charge in [-0.25, -0.2) is 9.79 Å². The molecular weight excluding hydrogens is 356 g/mol. The molecule has 8 heteroatoms. The highest BCUT2D eigenvalue weighted by Gasteiger charge is 2.17. The molecular formula is C18H15ClN4O3. The predicted molar refractivity (Wildman–Crippen MR) is 101 cm³/mol. The highest BCUT2D eigenvalue weighted by atomic mass is 35.5. The van der Waals surface area contributed by atoms with Crippen molar-refractivity contribution in [3.8, 4) is 0 Å². The molecule has 0 aliphatic carbocycles. The summed E-state index contributed by atoms with van der Waals surface area (Å²) in [4.78, 5) is 20.0. The van der Waals surface area contributed by atoms with E-state index in [0.717, 1.165) is 16.8 Å². The summed E-state index contributed by atoms with van der Waals surface area (Å²) in [6.07, 6.45) is 0. The Hall–Kier alpha value is -3.03. The number of carboxylic acid groups (broad SMARTS) is 1. The Bertz CT molecular complexity index is 923. The standard InChI is InChI=1S/C18H15ClN4O3/c19-12-6-7-14-13(8-12)17(11-4-2-1-3-5-11)20-9-16(21-14)23-22-15(10-24)18(25)26/h1-8,24H,9-10H2,(H,21,23)(H,25,26)/b22-15-. The maximum absolute atomic E-state index is 10.9. The van der Waals surface area contributed by atoms with E-state index in [9.17, 15) is 4.79 Å². The van der Waals surface area contributed by atoms with Crippen LogP contribution in [-0.4, -0.2) is 46.6 Å². The van der Waals surface area contributed by atoms with Crippen LogP contribution in [0.15, 0.2) is 63.6 Å². The van der Waals surface area contributed by atoms with E-state index in [1.807, 2.05) is 30.3 Å². The molecule has 0 unspecified atom stereocenters. The van der Waals surface area contributed by atoms with Crippen LogP contribution in [0.4, 0.5) is 5.69 Å². The Morgan fingerprint density at radius 3 is 2.69 bits per heavy atom. The molecule has 0 amide bonds. The lowest BCUT2D eigenvalue weighted by Crippen LogP contribution is -2.26. The van der Waals surface area contributed by atoms with Crippen molar-refractivity contribution in [1.29, 1.82) is 0 Å². The van der Waals surface area contributed by atoms with Crippen LogP contribution in [0.25, 0.3) is 0 Å². The third-order valence-electron chi connectivity index (χ3n) is 3.62. The number of aliphatic hydroxyl groups is 1. The minimum absolute atomic E-state index is 0.165. The highest BCUT2D eigenvalue weighted by Crippen LogP contribution is 2.28. The Labute approximate surface area is 154 Å². The molecule has 1 aliphatic rings. The Morgan fingerprint density at radius 2 is 2.00 bits per heavy atom. The zero-order valence-corrected chi connectivity index (χ0v) is 14.3. The van der Waals surface area contributed by atoms with Crippen LogP contribution < -0.4 is 5.43 Å². The van der Waals surface area contributed by atoms with E-state index in [-0.39, 0.29) is 6.54 Å². The molecule has 0 fully saturated rings. The van der Waals surface area contributed by atoms with Gasteiger partial charge in [-0.3, -0.25) is 10.4 Å². The number of aliphatic imine (C=N–C) groups is 2. The number of hydrazone groups is 1. The molecule has 0 aromatic heterocycles. The van der Waals surface area contributed by atoms with Crippen LogP contribution in [0.5, 0.6) is 0 Å². The Kier molecular flexibility index (Phi) is 5.40. The van der Waals surface area contributed by atoms with Gasteiger partial charge in [-0.05, 0) is 18.2 Å². The van der Waals surface area contributed by atoms with Crippen LogP contribution in [-0.2, 0) is 4.79 Å². The number of hydrogen-bond acceptors (Lipinski definition) is 6. The van der Waals surface area contributed by atoms with E-state index in [1.54, 1.807) is 18.2 Å². The highest BCUT2D eigenvalue weighted by molar-refractivity contribution is 6.36. The van der Waals surface area contributed by atoms with Gasteiger partial charge in [-0.15, -0.1) is 0 Å². The molecule has 0 atom stereocenters. The Balaban J connectivity index is 2.01. The van der Waals surface area contributed by atoms with E-state index >= 15 is 0 Å². The molecule has 132 valence electrons. The summed E-state index contributed by atoms with van der Waals surface area (Å²) < 4.78 is 0. The molecule has 2 aromatic rings. The first-order valence-corrected chi connectivity index (χ1v) is 8.10. The molecule has 3 rings (SSSR count). The fourth-order valence-electron chi connectivity index (χ4n) is 2.40. The van der Waals surface area contributed by atoms with Crippen LogP contribution >= 0.6 is 11.6 Å². The lowest BCUT2D eigenvalue weighted by atomic mass is 10.0. The normalized spacial score (nSPS) is 14.0. The molecule has 0 bridgehead atoms. The molecule has 0 saturated carbocycles. The summed E-state index contributed by atoms with van der Waals surface area (Å²) >= 11 is 6.14. The van der Waals surface area contributed by atoms with E-state index in [1.165, 1.54) is 0 Å². The molecule has 7 nitrogen and oxygen atoms in total. The van der Waals surface area contributed by atoms with Crippen molar-refractivity contribution >= 4 is 40.5 Å². The summed E-state index contributed by atoms with van der Waals surface area (Å²) in [5, 5.41) is 22.2. The third kappa shape index (κ3) is 3.96. The fourth-order valence-corrected chi connectivity index (χ4v) is 2.57. The first-order chi connectivity index (χ1) is 12.6. The van der Waals surface area contributed by atoms with Gasteiger partial charge in [0.25, 0.3) is 0 Å². The smallest absolute Gasteiger partial charge is 0.354 e. The van der Waals surface area contributed by atoms with Gasteiger partial charge >= 0.3 is 5.97 Å². The first-order valence-electron chi connectivity index (χ1n) is 7.72. The van der Waals surface area contributed by atoms with Gasteiger partial charge in [0.05, 0.1) is 24.6 Å². The zero-order valence-electron chi connectivity index (χ0n) is 13.6. The average molecular weight is 371 g/mol. The second kappa shape index (κ2) is 7.90. The summed E-state index contributed by atoms with van der Waals surface area (Å²) in [6, 6.07) is 14.9. The number of amidine groups is 1. The number of carboxylic acids is 1. The maximum Gasteiger partial charge on any atom is 0.354 e. The van der Waals surface area contributed by atoms with Crippen LogP contribution in [0.1, 0.15) is 11.1 Å². The van der Waals surface area contributed by atoms with Gasteiger partial charge in [0.15, 0.2) is 5.71 Å². The second-order valence-electron chi connectivity index (χ2n) is 5.38. The number of benzene rings is 2. The number of nitrogens with one attached hydrogen (secondary N) is 1. The van der Waals surface area contributed by atoms with Gasteiger partial charge < -0.3 is 10.2 Å². The molecule has 2 aromatic carbocycles. The van der Waals surface area contributed by atoms with Crippen molar-refractivity contribution in [1.82, 2.24) is 5.43 Å². The quantitative estimate of drug-likeness (QED) is 0.566. The first kappa shape index (κ1) is 17.8. The molecule has 1 heterocycles. The zero-order chi connectivity index (χ0) is 18.5. The van der Waals surface area contributed by atoms with Crippen molar-refractivity contribution in [3.63, 3.8) is 0 Å². The number of carbonyl (C=O) groups is 1. The molecule has 0 spiro atoms. The van der Waals surface area contributed by atoms with E-state index in [4.69, 9.17) is 21.8 Å². The lowest BCUT2D eigenvalue weighted by molar-refractivity contribution is -0.129. The number of fused-ring (bicyclic) bond motifs is 1. The van der Waals surface area contributed by atoms with Crippen molar-refractivity contribution in [2.45, 2.75) is 0 Å². The minimum atomic E-state index is -1.31. The van der Waals surface area contributed by atoms with Gasteiger partial charge in [0.1, 0.15) is 5.84 Å². The third-order valence-corrected chi connectivity index (χ3v) is 3.85. The van der Waals surface area contributed by atoms with Crippen LogP contribution in [0, 0.1) is 0 Å². The SMILES string of the molecule is O=C(O)/C(CO)=N\NC1=Nc2ccc(Cl)cc2C(c2ccccc2)=NC1. The lowest BCUT2D eigenvalue weighted by Gasteiger charge is -2.08. The van der Waals surface area contributed by atoms with Gasteiger partial charge in [-0.2, -0.15) is 5.10 Å². The van der Waals surface area contributed by atoms with Crippen molar-refractivity contribution in [3.05, 3.63) is 64.7 Å². The number of hydrogen-bond donors (Lipinski definition) is 3. The average Bonchev–Trinajstić information content (AvgIpc) is 2.82. The van der Waals surface area contributed by atoms with E-state index in [2.05, 4.69) is 20.5 Å². The predicted octanol–water partition coefficient (Wildman–Crippen LogP) is 2.24. The molecule has 0 radical (unpaired) electrons. The summed E-state index contributed by atoms with van der Waals surface area (Å²) in [5.41, 5.74) is 5.21. The Morgan fingerprint density at radius 1 is 1.23 bits per heavy atom. The van der Waals surface area contributed by atoms with Crippen molar-refractivity contribution in [2.75, 3.05) is 13.2 Å². The van der Waals surface area contributed by atoms with Gasteiger partial charge in [0.2, 0.25) is 0 Å².